The van der Waals surface area contributed by atoms with Crippen LogP contribution in [-0.4, -0.2) is 16.8 Å². The molecule has 0 aliphatic carbocycles. The predicted molar refractivity (Wildman–Crippen MR) is 88.5 cm³/mol. The van der Waals surface area contributed by atoms with E-state index in [0.717, 1.165) is 0 Å². The van der Waals surface area contributed by atoms with Gasteiger partial charge in [-0.1, -0.05) is 12.1 Å². The van der Waals surface area contributed by atoms with Crippen molar-refractivity contribution in [1.82, 2.24) is 0 Å². The molecule has 1 N–H and O–H groups in total. The lowest BCUT2D eigenvalue weighted by atomic mass is 10.2. The second-order valence-electron chi connectivity index (χ2n) is 4.81. The Hall–Kier alpha value is -3.48. The smallest absolute Gasteiger partial charge is 0.336 e. The van der Waals surface area contributed by atoms with Crippen LogP contribution in [-0.2, 0) is 9.59 Å². The molecule has 2 aromatic rings. The summed E-state index contributed by atoms with van der Waals surface area (Å²) in [7, 11) is 0. The third kappa shape index (κ3) is 5.06. The van der Waals surface area contributed by atoms with Gasteiger partial charge in [0.1, 0.15) is 5.75 Å². The second kappa shape index (κ2) is 7.68. The lowest BCUT2D eigenvalue weighted by Gasteiger charge is -2.04. The summed E-state index contributed by atoms with van der Waals surface area (Å²) in [4.78, 5) is 32.9. The van der Waals surface area contributed by atoms with Crippen LogP contribution < -0.4 is 10.1 Å². The highest BCUT2D eigenvalue weighted by atomic mass is 16.6. The highest BCUT2D eigenvalue weighted by Gasteiger charge is 2.05. The Morgan fingerprint density at radius 1 is 1.17 bits per heavy atom. The van der Waals surface area contributed by atoms with Crippen LogP contribution in [0.3, 0.4) is 0 Å². The first-order valence-corrected chi connectivity index (χ1v) is 6.96. The molecule has 24 heavy (non-hydrogen) atoms. The minimum Gasteiger partial charge on any atom is -0.423 e. The molecule has 0 aliphatic rings. The molecular formula is C17H14N2O5. The van der Waals surface area contributed by atoms with Crippen molar-refractivity contribution in [3.63, 3.8) is 0 Å². The van der Waals surface area contributed by atoms with Gasteiger partial charge in [-0.05, 0) is 35.9 Å². The van der Waals surface area contributed by atoms with Crippen LogP contribution in [0.2, 0.25) is 0 Å². The Kier molecular flexibility index (Phi) is 5.40. The zero-order chi connectivity index (χ0) is 17.5. The van der Waals surface area contributed by atoms with Gasteiger partial charge in [-0.15, -0.1) is 0 Å². The van der Waals surface area contributed by atoms with Crippen LogP contribution in [0.5, 0.6) is 5.75 Å². The predicted octanol–water partition coefficient (Wildman–Crippen LogP) is 3.17. The number of nitro groups is 1. The molecule has 0 spiro atoms. The summed E-state index contributed by atoms with van der Waals surface area (Å²) in [5.74, 6) is -0.494. The normalized spacial score (nSPS) is 10.4. The van der Waals surface area contributed by atoms with Crippen LogP contribution >= 0.6 is 0 Å². The Bertz CT molecular complexity index is 797. The topological polar surface area (TPSA) is 98.5 Å². The maximum atomic E-state index is 11.8. The number of rotatable bonds is 5. The van der Waals surface area contributed by atoms with E-state index in [9.17, 15) is 19.7 Å². The molecule has 0 atom stereocenters. The fourth-order valence-corrected chi connectivity index (χ4v) is 1.87. The van der Waals surface area contributed by atoms with Gasteiger partial charge in [0.15, 0.2) is 0 Å². The zero-order valence-corrected chi connectivity index (χ0v) is 12.8. The van der Waals surface area contributed by atoms with Crippen LogP contribution in [0.4, 0.5) is 11.4 Å². The van der Waals surface area contributed by atoms with Gasteiger partial charge in [0.25, 0.3) is 5.69 Å². The van der Waals surface area contributed by atoms with E-state index in [1.807, 2.05) is 0 Å². The Labute approximate surface area is 137 Å². The van der Waals surface area contributed by atoms with Gasteiger partial charge in [0.05, 0.1) is 4.92 Å². The first-order chi connectivity index (χ1) is 11.4. The molecule has 1 amide bonds. The SMILES string of the molecule is CC(=O)Nc1ccc(OC(=O)/C=C/c2cccc([N+](=O)[O-])c2)cc1. The minimum absolute atomic E-state index is 0.0564. The van der Waals surface area contributed by atoms with Gasteiger partial charge >= 0.3 is 5.97 Å². The lowest BCUT2D eigenvalue weighted by molar-refractivity contribution is -0.384. The Balaban J connectivity index is 1.98. The zero-order valence-electron chi connectivity index (χ0n) is 12.8. The summed E-state index contributed by atoms with van der Waals surface area (Å²) in [6, 6.07) is 12.2. The molecule has 0 aromatic heterocycles. The van der Waals surface area contributed by atoms with Crippen LogP contribution in [0.25, 0.3) is 6.08 Å². The summed E-state index contributed by atoms with van der Waals surface area (Å²) in [6.07, 6.45) is 2.61. The number of non-ortho nitro benzene ring substituents is 1. The number of carbonyl (C=O) groups is 2. The largest absolute Gasteiger partial charge is 0.423 e. The number of amides is 1. The number of benzene rings is 2. The average molecular weight is 326 g/mol. The van der Waals surface area contributed by atoms with E-state index >= 15 is 0 Å². The first-order valence-electron chi connectivity index (χ1n) is 6.96. The molecule has 0 bridgehead atoms. The van der Waals surface area contributed by atoms with Gasteiger partial charge in [0, 0.05) is 30.8 Å². The summed E-state index contributed by atoms with van der Waals surface area (Å²) in [5.41, 5.74) is 1.05. The molecule has 0 saturated carbocycles. The van der Waals surface area contributed by atoms with Gasteiger partial charge in [0.2, 0.25) is 5.91 Å². The summed E-state index contributed by atoms with van der Waals surface area (Å²) < 4.78 is 5.10. The number of nitrogens with one attached hydrogen (secondary N) is 1. The standard InChI is InChI=1S/C17H14N2O5/c1-12(20)18-14-6-8-16(9-7-14)24-17(21)10-5-13-3-2-4-15(11-13)19(22)23/h2-11H,1H3,(H,18,20)/b10-5+. The van der Waals surface area contributed by atoms with Gasteiger partial charge < -0.3 is 10.1 Å². The maximum Gasteiger partial charge on any atom is 0.336 e. The molecular weight excluding hydrogens is 312 g/mol. The highest BCUT2D eigenvalue weighted by Crippen LogP contribution is 2.17. The third-order valence-electron chi connectivity index (χ3n) is 2.89. The average Bonchev–Trinajstić information content (AvgIpc) is 2.54. The molecule has 122 valence electrons. The number of anilines is 1. The van der Waals surface area contributed by atoms with Crippen molar-refractivity contribution in [2.45, 2.75) is 6.92 Å². The van der Waals surface area contributed by atoms with E-state index in [1.54, 1.807) is 30.3 Å². The number of ether oxygens (including phenoxy) is 1. The van der Waals surface area contributed by atoms with Crippen molar-refractivity contribution in [3.05, 3.63) is 70.3 Å². The summed E-state index contributed by atoms with van der Waals surface area (Å²) in [5, 5.41) is 13.3. The molecule has 7 heteroatoms. The third-order valence-corrected chi connectivity index (χ3v) is 2.89. The molecule has 0 unspecified atom stereocenters. The van der Waals surface area contributed by atoms with Gasteiger partial charge in [-0.25, -0.2) is 4.79 Å². The van der Waals surface area contributed by atoms with Crippen molar-refractivity contribution in [3.8, 4) is 5.75 Å². The van der Waals surface area contributed by atoms with Crippen molar-refractivity contribution in [1.29, 1.82) is 0 Å². The molecule has 0 saturated heterocycles. The summed E-state index contributed by atoms with van der Waals surface area (Å²) in [6.45, 7) is 1.40. The fraction of sp³-hybridized carbons (Fsp3) is 0.0588. The van der Waals surface area contributed by atoms with E-state index < -0.39 is 10.9 Å². The van der Waals surface area contributed by atoms with E-state index in [0.29, 0.717) is 17.0 Å². The van der Waals surface area contributed by atoms with E-state index in [-0.39, 0.29) is 11.6 Å². The molecule has 7 nitrogen and oxygen atoms in total. The molecule has 2 rings (SSSR count). The minimum atomic E-state index is -0.617. The van der Waals surface area contributed by atoms with E-state index in [4.69, 9.17) is 4.74 Å². The number of carbonyl (C=O) groups excluding carboxylic acids is 2. The van der Waals surface area contributed by atoms with E-state index in [1.165, 1.54) is 37.3 Å². The van der Waals surface area contributed by atoms with Crippen LogP contribution in [0, 0.1) is 10.1 Å². The van der Waals surface area contributed by atoms with Crippen molar-refractivity contribution in [2.24, 2.45) is 0 Å². The van der Waals surface area contributed by atoms with E-state index in [2.05, 4.69) is 5.32 Å². The van der Waals surface area contributed by atoms with Gasteiger partial charge in [-0.3, -0.25) is 14.9 Å². The molecule has 0 heterocycles. The number of nitro benzene ring substituents is 1. The monoisotopic (exact) mass is 326 g/mol. The Morgan fingerprint density at radius 3 is 2.50 bits per heavy atom. The first kappa shape index (κ1) is 16.9. The molecule has 0 fully saturated rings. The number of hydrogen-bond donors (Lipinski definition) is 1. The number of esters is 1. The quantitative estimate of drug-likeness (QED) is 0.299. The van der Waals surface area contributed by atoms with Crippen LogP contribution in [0.1, 0.15) is 12.5 Å². The van der Waals surface area contributed by atoms with Crippen LogP contribution in [0.15, 0.2) is 54.6 Å². The fourth-order valence-electron chi connectivity index (χ4n) is 1.87. The molecule has 0 radical (unpaired) electrons. The van der Waals surface area contributed by atoms with Crippen molar-refractivity contribution in [2.75, 3.05) is 5.32 Å². The number of hydrogen-bond acceptors (Lipinski definition) is 5. The Morgan fingerprint density at radius 2 is 1.88 bits per heavy atom. The lowest BCUT2D eigenvalue weighted by Crippen LogP contribution is -2.06. The molecule has 0 aliphatic heterocycles. The highest BCUT2D eigenvalue weighted by molar-refractivity contribution is 5.90. The van der Waals surface area contributed by atoms with Crippen molar-refractivity contribution >= 4 is 29.3 Å². The second-order valence-corrected chi connectivity index (χ2v) is 4.81. The molecule has 2 aromatic carbocycles. The number of nitrogens with zero attached hydrogens (tertiary/aromatic N) is 1. The van der Waals surface area contributed by atoms with Gasteiger partial charge in [-0.2, -0.15) is 0 Å². The summed E-state index contributed by atoms with van der Waals surface area (Å²) >= 11 is 0. The maximum absolute atomic E-state index is 11.8. The van der Waals surface area contributed by atoms with Crippen molar-refractivity contribution < 1.29 is 19.2 Å².